The summed E-state index contributed by atoms with van der Waals surface area (Å²) < 4.78 is 0. The standard InChI is InChI=1S/C20H34N4/c1-5-11-24-12-9-19(10-13-24)23-20(21-6-2)22-15-18-8-7-16(3)14-17(18)4/h7-8,14,19H,5-6,9-13,15H2,1-4H3,(H2,21,22,23). The van der Waals surface area contributed by atoms with Crippen LogP contribution in [0.3, 0.4) is 0 Å². The van der Waals surface area contributed by atoms with Crippen molar-refractivity contribution in [1.82, 2.24) is 15.5 Å². The summed E-state index contributed by atoms with van der Waals surface area (Å²) >= 11 is 0. The second-order valence-corrected chi connectivity index (χ2v) is 6.89. The largest absolute Gasteiger partial charge is 0.357 e. The molecule has 2 N–H and O–H groups in total. The minimum atomic E-state index is 0.537. The van der Waals surface area contributed by atoms with E-state index in [1.165, 1.54) is 55.6 Å². The number of likely N-dealkylation sites (tertiary alicyclic amines) is 1. The van der Waals surface area contributed by atoms with Crippen LogP contribution in [0.15, 0.2) is 23.2 Å². The highest BCUT2D eigenvalue weighted by Crippen LogP contribution is 2.13. The molecule has 2 rings (SSSR count). The minimum absolute atomic E-state index is 0.537. The van der Waals surface area contributed by atoms with E-state index in [1.807, 2.05) is 0 Å². The number of aryl methyl sites for hydroxylation is 2. The Morgan fingerprint density at radius 1 is 1.21 bits per heavy atom. The number of hydrogen-bond acceptors (Lipinski definition) is 2. The van der Waals surface area contributed by atoms with Gasteiger partial charge in [-0.1, -0.05) is 30.7 Å². The van der Waals surface area contributed by atoms with E-state index >= 15 is 0 Å². The van der Waals surface area contributed by atoms with Crippen LogP contribution in [0, 0.1) is 13.8 Å². The second kappa shape index (κ2) is 9.67. The Kier molecular flexibility index (Phi) is 7.57. The first-order valence-electron chi connectivity index (χ1n) is 9.45. The summed E-state index contributed by atoms with van der Waals surface area (Å²) in [5, 5.41) is 7.03. The van der Waals surface area contributed by atoms with Crippen molar-refractivity contribution in [2.45, 2.75) is 59.5 Å². The van der Waals surface area contributed by atoms with E-state index < -0.39 is 0 Å². The Morgan fingerprint density at radius 2 is 1.96 bits per heavy atom. The van der Waals surface area contributed by atoms with Crippen molar-refractivity contribution in [1.29, 1.82) is 0 Å². The lowest BCUT2D eigenvalue weighted by atomic mass is 10.1. The SMILES string of the molecule is CCCN1CCC(NC(=NCc2ccc(C)cc2C)NCC)CC1. The molecule has 0 aromatic heterocycles. The molecule has 0 spiro atoms. The Hall–Kier alpha value is -1.55. The molecular weight excluding hydrogens is 296 g/mol. The van der Waals surface area contributed by atoms with E-state index in [0.29, 0.717) is 6.04 Å². The molecule has 0 amide bonds. The van der Waals surface area contributed by atoms with Gasteiger partial charge < -0.3 is 15.5 Å². The van der Waals surface area contributed by atoms with Gasteiger partial charge in [-0.2, -0.15) is 0 Å². The number of rotatable bonds is 6. The monoisotopic (exact) mass is 330 g/mol. The molecule has 0 radical (unpaired) electrons. The van der Waals surface area contributed by atoms with Crippen LogP contribution in [0.5, 0.6) is 0 Å². The van der Waals surface area contributed by atoms with Gasteiger partial charge in [0, 0.05) is 25.7 Å². The number of aliphatic imine (C=N–C) groups is 1. The van der Waals surface area contributed by atoms with Crippen LogP contribution in [0.25, 0.3) is 0 Å². The summed E-state index contributed by atoms with van der Waals surface area (Å²) in [6, 6.07) is 7.13. The molecule has 0 unspecified atom stereocenters. The van der Waals surface area contributed by atoms with Crippen molar-refractivity contribution in [2.75, 3.05) is 26.2 Å². The zero-order valence-electron chi connectivity index (χ0n) is 15.9. The summed E-state index contributed by atoms with van der Waals surface area (Å²) in [4.78, 5) is 7.37. The smallest absolute Gasteiger partial charge is 0.191 e. The highest BCUT2D eigenvalue weighted by molar-refractivity contribution is 5.80. The van der Waals surface area contributed by atoms with Crippen LogP contribution in [0.2, 0.25) is 0 Å². The van der Waals surface area contributed by atoms with Crippen molar-refractivity contribution < 1.29 is 0 Å². The van der Waals surface area contributed by atoms with Crippen molar-refractivity contribution in [2.24, 2.45) is 4.99 Å². The summed E-state index contributed by atoms with van der Waals surface area (Å²) in [6.07, 6.45) is 3.65. The van der Waals surface area contributed by atoms with E-state index in [9.17, 15) is 0 Å². The van der Waals surface area contributed by atoms with Gasteiger partial charge in [0.2, 0.25) is 0 Å². The molecule has 0 atom stereocenters. The molecule has 0 aliphatic carbocycles. The molecular formula is C20H34N4. The van der Waals surface area contributed by atoms with Gasteiger partial charge >= 0.3 is 0 Å². The predicted octanol–water partition coefficient (Wildman–Crippen LogP) is 3.23. The normalized spacial score (nSPS) is 17.1. The molecule has 24 heavy (non-hydrogen) atoms. The van der Waals surface area contributed by atoms with E-state index in [-0.39, 0.29) is 0 Å². The van der Waals surface area contributed by atoms with Gasteiger partial charge in [0.25, 0.3) is 0 Å². The summed E-state index contributed by atoms with van der Waals surface area (Å²) in [7, 11) is 0. The van der Waals surface area contributed by atoms with Crippen molar-refractivity contribution >= 4 is 5.96 Å². The van der Waals surface area contributed by atoms with Gasteiger partial charge in [0.05, 0.1) is 6.54 Å². The molecule has 0 bridgehead atoms. The fourth-order valence-electron chi connectivity index (χ4n) is 3.32. The summed E-state index contributed by atoms with van der Waals surface area (Å²) in [6.45, 7) is 13.9. The first kappa shape index (κ1) is 18.8. The molecule has 4 heteroatoms. The first-order chi connectivity index (χ1) is 11.6. The predicted molar refractivity (Wildman–Crippen MR) is 104 cm³/mol. The van der Waals surface area contributed by atoms with Crippen LogP contribution in [0.1, 0.15) is 49.8 Å². The zero-order valence-corrected chi connectivity index (χ0v) is 15.9. The number of benzene rings is 1. The average Bonchev–Trinajstić information content (AvgIpc) is 2.56. The van der Waals surface area contributed by atoms with Crippen LogP contribution in [-0.2, 0) is 6.54 Å². The average molecular weight is 331 g/mol. The van der Waals surface area contributed by atoms with E-state index in [1.54, 1.807) is 0 Å². The third-order valence-corrected chi connectivity index (χ3v) is 4.72. The van der Waals surface area contributed by atoms with Gasteiger partial charge in [-0.15, -0.1) is 0 Å². The third kappa shape index (κ3) is 5.82. The lowest BCUT2D eigenvalue weighted by molar-refractivity contribution is 0.206. The van der Waals surface area contributed by atoms with Gasteiger partial charge in [0.1, 0.15) is 0 Å². The minimum Gasteiger partial charge on any atom is -0.357 e. The van der Waals surface area contributed by atoms with Crippen molar-refractivity contribution in [3.63, 3.8) is 0 Å². The highest BCUT2D eigenvalue weighted by Gasteiger charge is 2.19. The molecule has 0 saturated carbocycles. The Labute approximate surface area is 147 Å². The Morgan fingerprint density at radius 3 is 2.58 bits per heavy atom. The number of guanidine groups is 1. The van der Waals surface area contributed by atoms with Crippen molar-refractivity contribution in [3.8, 4) is 0 Å². The molecule has 1 fully saturated rings. The number of hydrogen-bond donors (Lipinski definition) is 2. The molecule has 134 valence electrons. The molecule has 1 aromatic carbocycles. The fraction of sp³-hybridized carbons (Fsp3) is 0.650. The van der Waals surface area contributed by atoms with Gasteiger partial charge in [0.15, 0.2) is 5.96 Å². The van der Waals surface area contributed by atoms with Crippen LogP contribution < -0.4 is 10.6 Å². The van der Waals surface area contributed by atoms with Crippen LogP contribution in [0.4, 0.5) is 0 Å². The number of nitrogens with zero attached hydrogens (tertiary/aromatic N) is 2. The summed E-state index contributed by atoms with van der Waals surface area (Å²) in [5.41, 5.74) is 3.93. The maximum absolute atomic E-state index is 4.80. The molecule has 1 aromatic rings. The topological polar surface area (TPSA) is 39.7 Å². The van der Waals surface area contributed by atoms with Gasteiger partial charge in [-0.3, -0.25) is 0 Å². The second-order valence-electron chi connectivity index (χ2n) is 6.89. The molecule has 1 heterocycles. The fourth-order valence-corrected chi connectivity index (χ4v) is 3.32. The van der Waals surface area contributed by atoms with E-state index in [2.05, 4.69) is 61.4 Å². The van der Waals surface area contributed by atoms with Crippen LogP contribution >= 0.6 is 0 Å². The lowest BCUT2D eigenvalue weighted by Crippen LogP contribution is -2.48. The summed E-state index contributed by atoms with van der Waals surface area (Å²) in [5.74, 6) is 0.950. The zero-order chi connectivity index (χ0) is 17.4. The molecule has 1 aliphatic heterocycles. The molecule has 1 aliphatic rings. The number of piperidine rings is 1. The number of nitrogens with one attached hydrogen (secondary N) is 2. The van der Waals surface area contributed by atoms with Gasteiger partial charge in [-0.05, 0) is 57.7 Å². The first-order valence-corrected chi connectivity index (χ1v) is 9.45. The molecule has 4 nitrogen and oxygen atoms in total. The van der Waals surface area contributed by atoms with Crippen LogP contribution in [-0.4, -0.2) is 43.1 Å². The lowest BCUT2D eigenvalue weighted by Gasteiger charge is -2.32. The Balaban J connectivity index is 1.91. The van der Waals surface area contributed by atoms with Gasteiger partial charge in [-0.25, -0.2) is 4.99 Å². The quantitative estimate of drug-likeness (QED) is 0.621. The third-order valence-electron chi connectivity index (χ3n) is 4.72. The maximum atomic E-state index is 4.80. The highest BCUT2D eigenvalue weighted by atomic mass is 15.2. The Bertz CT molecular complexity index is 530. The maximum Gasteiger partial charge on any atom is 0.191 e. The van der Waals surface area contributed by atoms with Crippen molar-refractivity contribution in [3.05, 3.63) is 34.9 Å². The van der Waals surface area contributed by atoms with E-state index in [0.717, 1.165) is 19.0 Å². The van der Waals surface area contributed by atoms with E-state index in [4.69, 9.17) is 4.99 Å². The molecule has 1 saturated heterocycles.